The first-order chi connectivity index (χ1) is 16.5. The molecule has 2 heterocycles. The van der Waals surface area contributed by atoms with E-state index in [-0.39, 0.29) is 0 Å². The van der Waals surface area contributed by atoms with Crippen molar-refractivity contribution in [2.45, 2.75) is 65.5 Å². The molecular weight excluding hydrogens is 420 g/mol. The molecule has 0 amide bonds. The number of aromatic amines is 1. The lowest BCUT2D eigenvalue weighted by Gasteiger charge is -2.47. The van der Waals surface area contributed by atoms with Crippen molar-refractivity contribution >= 4 is 22.9 Å². The van der Waals surface area contributed by atoms with Crippen LogP contribution in [0.15, 0.2) is 48.7 Å². The topological polar surface area (TPSA) is 56.3 Å². The van der Waals surface area contributed by atoms with Gasteiger partial charge in [0.05, 0.1) is 5.56 Å². The number of H-pyrrole nitrogens is 1. The number of carboxylic acids is 1. The van der Waals surface area contributed by atoms with Crippen LogP contribution in [0.2, 0.25) is 0 Å². The Labute approximate surface area is 202 Å². The van der Waals surface area contributed by atoms with Gasteiger partial charge in [-0.05, 0) is 104 Å². The van der Waals surface area contributed by atoms with E-state index in [0.29, 0.717) is 17.0 Å². The number of rotatable bonds is 7. The molecule has 5 rings (SSSR count). The average molecular weight is 457 g/mol. The lowest BCUT2D eigenvalue weighted by atomic mass is 9.68. The smallest absolute Gasteiger partial charge is 0.335 e. The van der Waals surface area contributed by atoms with Crippen LogP contribution < -0.4 is 0 Å². The van der Waals surface area contributed by atoms with Gasteiger partial charge in [0, 0.05) is 29.7 Å². The third-order valence-electron chi connectivity index (χ3n) is 8.52. The van der Waals surface area contributed by atoms with Gasteiger partial charge in [0.1, 0.15) is 0 Å². The number of fused-ring (bicyclic) bond motifs is 1. The average Bonchev–Trinajstić information content (AvgIpc) is 3.59. The van der Waals surface area contributed by atoms with E-state index >= 15 is 0 Å². The molecule has 1 saturated heterocycles. The van der Waals surface area contributed by atoms with Crippen molar-refractivity contribution in [3.63, 3.8) is 0 Å². The predicted molar refractivity (Wildman–Crippen MR) is 139 cm³/mol. The van der Waals surface area contributed by atoms with Crippen LogP contribution in [0, 0.1) is 18.3 Å². The maximum atomic E-state index is 11.4. The summed E-state index contributed by atoms with van der Waals surface area (Å²) < 4.78 is 0. The van der Waals surface area contributed by atoms with Gasteiger partial charge in [0.15, 0.2) is 0 Å². The highest BCUT2D eigenvalue weighted by Crippen LogP contribution is 2.57. The largest absolute Gasteiger partial charge is 0.478 e. The van der Waals surface area contributed by atoms with E-state index in [1.54, 1.807) is 12.1 Å². The summed E-state index contributed by atoms with van der Waals surface area (Å²) in [6, 6.07) is 12.5. The Morgan fingerprint density at radius 1 is 1.24 bits per heavy atom. The molecule has 0 spiro atoms. The summed E-state index contributed by atoms with van der Waals surface area (Å²) in [5.41, 5.74) is 7.18. The first-order valence-corrected chi connectivity index (χ1v) is 12.8. The molecule has 2 aromatic carbocycles. The zero-order valence-corrected chi connectivity index (χ0v) is 20.6. The maximum Gasteiger partial charge on any atom is 0.335 e. The molecule has 2 atom stereocenters. The van der Waals surface area contributed by atoms with Crippen molar-refractivity contribution in [1.82, 2.24) is 9.88 Å². The van der Waals surface area contributed by atoms with Gasteiger partial charge in [0.25, 0.3) is 0 Å². The number of aromatic nitrogens is 1. The van der Waals surface area contributed by atoms with Crippen molar-refractivity contribution in [3.8, 4) is 0 Å². The minimum Gasteiger partial charge on any atom is -0.478 e. The fourth-order valence-corrected chi connectivity index (χ4v) is 6.38. The molecule has 1 aliphatic carbocycles. The number of aromatic carboxylic acids is 1. The minimum absolute atomic E-state index is 0.297. The molecule has 178 valence electrons. The zero-order chi connectivity index (χ0) is 23.9. The number of hydrogen-bond acceptors (Lipinski definition) is 2. The van der Waals surface area contributed by atoms with Gasteiger partial charge < -0.3 is 10.1 Å². The molecule has 1 saturated carbocycles. The van der Waals surface area contributed by atoms with E-state index in [0.717, 1.165) is 25.4 Å². The number of hydrogen-bond donors (Lipinski definition) is 2. The molecule has 1 unspecified atom stereocenters. The minimum atomic E-state index is -0.863. The van der Waals surface area contributed by atoms with Gasteiger partial charge in [-0.1, -0.05) is 37.6 Å². The molecular formula is C30H36N2O2. The lowest BCUT2D eigenvalue weighted by molar-refractivity contribution is 0.0248. The number of carbonyl (C=O) groups is 1. The highest BCUT2D eigenvalue weighted by Gasteiger charge is 2.48. The number of nitrogens with zero attached hydrogens (tertiary/aromatic N) is 1. The van der Waals surface area contributed by atoms with Gasteiger partial charge in [0.2, 0.25) is 0 Å². The molecule has 2 aliphatic rings. The van der Waals surface area contributed by atoms with Crippen molar-refractivity contribution in [2.24, 2.45) is 11.3 Å². The predicted octanol–water partition coefficient (Wildman–Crippen LogP) is 7.35. The number of allylic oxidation sites excluding steroid dienone is 1. The van der Waals surface area contributed by atoms with Crippen molar-refractivity contribution in [2.75, 3.05) is 6.54 Å². The third kappa shape index (κ3) is 4.09. The molecule has 34 heavy (non-hydrogen) atoms. The molecule has 2 fully saturated rings. The number of piperidine rings is 1. The highest BCUT2D eigenvalue weighted by atomic mass is 16.4. The second kappa shape index (κ2) is 9.07. The van der Waals surface area contributed by atoms with Crippen LogP contribution in [-0.4, -0.2) is 27.5 Å². The van der Waals surface area contributed by atoms with Gasteiger partial charge in [-0.25, -0.2) is 4.79 Å². The van der Waals surface area contributed by atoms with Gasteiger partial charge in [-0.3, -0.25) is 4.90 Å². The van der Waals surface area contributed by atoms with Crippen LogP contribution in [0.1, 0.15) is 84.6 Å². The monoisotopic (exact) mass is 456 g/mol. The van der Waals surface area contributed by atoms with Crippen LogP contribution in [0.4, 0.5) is 0 Å². The Kier molecular flexibility index (Phi) is 6.11. The Balaban J connectivity index is 1.54. The molecule has 2 N–H and O–H groups in total. The molecule has 1 aliphatic heterocycles. The zero-order valence-electron chi connectivity index (χ0n) is 20.6. The Hall–Kier alpha value is -2.85. The van der Waals surface area contributed by atoms with Crippen LogP contribution in [0.5, 0.6) is 0 Å². The van der Waals surface area contributed by atoms with Crippen LogP contribution >= 0.6 is 0 Å². The van der Waals surface area contributed by atoms with Crippen molar-refractivity contribution in [1.29, 1.82) is 0 Å². The van der Waals surface area contributed by atoms with Gasteiger partial charge in [-0.2, -0.15) is 0 Å². The second-order valence-electron chi connectivity index (χ2n) is 10.4. The van der Waals surface area contributed by atoms with E-state index in [4.69, 9.17) is 0 Å². The molecule has 3 aromatic rings. The number of aryl methyl sites for hydroxylation is 1. The Morgan fingerprint density at radius 2 is 2.00 bits per heavy atom. The fourth-order valence-electron chi connectivity index (χ4n) is 6.38. The van der Waals surface area contributed by atoms with E-state index in [1.807, 2.05) is 18.3 Å². The molecule has 1 aromatic heterocycles. The number of likely N-dealkylation sites (tertiary alicyclic amines) is 1. The Morgan fingerprint density at radius 3 is 2.65 bits per heavy atom. The quantitative estimate of drug-likeness (QED) is 0.391. The molecule has 4 heteroatoms. The Bertz CT molecular complexity index is 1220. The highest BCUT2D eigenvalue weighted by molar-refractivity contribution is 5.89. The first kappa shape index (κ1) is 22.9. The van der Waals surface area contributed by atoms with Crippen molar-refractivity contribution in [3.05, 3.63) is 76.5 Å². The summed E-state index contributed by atoms with van der Waals surface area (Å²) in [6.45, 7) is 8.59. The van der Waals surface area contributed by atoms with Gasteiger partial charge >= 0.3 is 5.97 Å². The van der Waals surface area contributed by atoms with Crippen LogP contribution in [0.25, 0.3) is 17.0 Å². The normalized spacial score (nSPS) is 23.7. The van der Waals surface area contributed by atoms with Crippen molar-refractivity contribution < 1.29 is 9.90 Å². The first-order valence-electron chi connectivity index (χ1n) is 12.8. The third-order valence-corrected chi connectivity index (χ3v) is 8.52. The molecule has 4 nitrogen and oxygen atoms in total. The number of nitrogens with one attached hydrogen (secondary N) is 1. The summed E-state index contributed by atoms with van der Waals surface area (Å²) in [5.74, 6) is -0.00628. The van der Waals surface area contributed by atoms with E-state index in [9.17, 15) is 9.90 Å². The summed E-state index contributed by atoms with van der Waals surface area (Å²) in [6.07, 6.45) is 12.8. The fraction of sp³-hybridized carbons (Fsp3) is 0.433. The van der Waals surface area contributed by atoms with E-state index < -0.39 is 5.97 Å². The summed E-state index contributed by atoms with van der Waals surface area (Å²) in [7, 11) is 0. The molecule has 0 radical (unpaired) electrons. The summed E-state index contributed by atoms with van der Waals surface area (Å²) in [5, 5.41) is 10.7. The second-order valence-corrected chi connectivity index (χ2v) is 10.4. The standard InChI is InChI=1S/C30H36N2O2/c1-4-6-23-17-20(3)28-25(13-15-31-28)26(23)19-32-16-14-30(5-2,24-11-12-24)18-27(32)21-7-9-22(10-8-21)29(33)34/h4,6-10,13,15,17,24,27,31H,5,11-12,14,16,18-19H2,1-3H3,(H,33,34)/b6-4+/t27-,30?/m0/s1. The summed E-state index contributed by atoms with van der Waals surface area (Å²) >= 11 is 0. The number of carboxylic acid groups (broad SMARTS) is 1. The van der Waals surface area contributed by atoms with Gasteiger partial charge in [-0.15, -0.1) is 0 Å². The SMILES string of the molecule is C/C=C/c1cc(C)c2[nH]ccc2c1CN1CCC(CC)(C2CC2)C[C@H]1c1ccc(C(=O)O)cc1. The van der Waals surface area contributed by atoms with E-state index in [2.05, 4.69) is 54.9 Å². The number of benzene rings is 2. The lowest BCUT2D eigenvalue weighted by Crippen LogP contribution is -2.43. The maximum absolute atomic E-state index is 11.4. The molecule has 0 bridgehead atoms. The summed E-state index contributed by atoms with van der Waals surface area (Å²) in [4.78, 5) is 17.5. The van der Waals surface area contributed by atoms with E-state index in [1.165, 1.54) is 58.8 Å². The van der Waals surface area contributed by atoms with Crippen LogP contribution in [0.3, 0.4) is 0 Å². The van der Waals surface area contributed by atoms with Crippen LogP contribution in [-0.2, 0) is 6.54 Å².